The lowest BCUT2D eigenvalue weighted by molar-refractivity contribution is 0.184. The van der Waals surface area contributed by atoms with Crippen LogP contribution >= 0.6 is 11.8 Å². The van der Waals surface area contributed by atoms with Gasteiger partial charge in [0, 0.05) is 42.4 Å². The van der Waals surface area contributed by atoms with Gasteiger partial charge in [0.05, 0.1) is 0 Å². The van der Waals surface area contributed by atoms with Gasteiger partial charge in [-0.05, 0) is 30.4 Å². The maximum Gasteiger partial charge on any atom is 0.159 e. The molecule has 4 rings (SSSR count). The van der Waals surface area contributed by atoms with Gasteiger partial charge in [0.15, 0.2) is 11.6 Å². The highest BCUT2D eigenvalue weighted by atomic mass is 32.2. The van der Waals surface area contributed by atoms with Crippen molar-refractivity contribution in [3.63, 3.8) is 0 Å². The van der Waals surface area contributed by atoms with E-state index in [1.54, 1.807) is 6.07 Å². The van der Waals surface area contributed by atoms with Crippen LogP contribution in [0.25, 0.3) is 11.3 Å². The monoisotopic (exact) mass is 322 g/mol. The minimum atomic E-state index is -0.853. The quantitative estimate of drug-likeness (QED) is 0.846. The molecule has 0 saturated carbocycles. The second-order valence-corrected chi connectivity index (χ2v) is 6.95. The van der Waals surface area contributed by atoms with Crippen LogP contribution in [-0.4, -0.2) is 34.1 Å². The van der Waals surface area contributed by atoms with Gasteiger partial charge in [-0.1, -0.05) is 5.16 Å². The maximum absolute atomic E-state index is 13.5. The fourth-order valence-electron chi connectivity index (χ4n) is 3.22. The third-order valence-corrected chi connectivity index (χ3v) is 5.62. The van der Waals surface area contributed by atoms with Gasteiger partial charge < -0.3 is 4.52 Å². The Kier molecular flexibility index (Phi) is 3.66. The van der Waals surface area contributed by atoms with Crippen LogP contribution in [0, 0.1) is 11.6 Å². The Hall–Kier alpha value is -1.40. The van der Waals surface area contributed by atoms with Crippen molar-refractivity contribution in [3.05, 3.63) is 41.2 Å². The number of fused-ring (bicyclic) bond motifs is 1. The predicted octanol–water partition coefficient (Wildman–Crippen LogP) is 3.48. The number of thioether (sulfide) groups is 1. The molecule has 1 aromatic heterocycles. The van der Waals surface area contributed by atoms with Crippen LogP contribution < -0.4 is 0 Å². The average Bonchev–Trinajstić information content (AvgIpc) is 3.18. The molecule has 22 heavy (non-hydrogen) atoms. The Labute approximate surface area is 131 Å². The molecule has 2 aromatic rings. The molecule has 2 aliphatic heterocycles. The molecule has 116 valence electrons. The summed E-state index contributed by atoms with van der Waals surface area (Å²) in [5.74, 6) is 1.57. The highest BCUT2D eigenvalue weighted by Crippen LogP contribution is 2.33. The van der Waals surface area contributed by atoms with Crippen molar-refractivity contribution in [1.29, 1.82) is 0 Å². The van der Waals surface area contributed by atoms with Gasteiger partial charge in [-0.15, -0.1) is 0 Å². The number of aromatic nitrogens is 1. The predicted molar refractivity (Wildman–Crippen MR) is 81.7 cm³/mol. The highest BCUT2D eigenvalue weighted by Gasteiger charge is 2.30. The molecule has 1 fully saturated rings. The summed E-state index contributed by atoms with van der Waals surface area (Å²) in [6.45, 7) is 1.75. The molecule has 0 aliphatic carbocycles. The molecule has 1 unspecified atom stereocenters. The largest absolute Gasteiger partial charge is 0.360 e. The van der Waals surface area contributed by atoms with Gasteiger partial charge in [0.1, 0.15) is 11.5 Å². The summed E-state index contributed by atoms with van der Waals surface area (Å²) in [7, 11) is 0. The van der Waals surface area contributed by atoms with Gasteiger partial charge in [0.2, 0.25) is 0 Å². The molecule has 0 radical (unpaired) electrons. The zero-order valence-electron chi connectivity index (χ0n) is 12.0. The third-order valence-electron chi connectivity index (χ3n) is 4.47. The van der Waals surface area contributed by atoms with Crippen LogP contribution in [0.2, 0.25) is 0 Å². The van der Waals surface area contributed by atoms with E-state index in [1.807, 2.05) is 11.8 Å². The van der Waals surface area contributed by atoms with Gasteiger partial charge in [-0.2, -0.15) is 11.8 Å². The summed E-state index contributed by atoms with van der Waals surface area (Å²) in [6, 6.07) is 4.49. The SMILES string of the molecule is Fc1ccc(-c2noc3c2CN(C2CCSC2)CC3)cc1F. The van der Waals surface area contributed by atoms with E-state index in [1.165, 1.54) is 24.0 Å². The first-order chi connectivity index (χ1) is 10.7. The summed E-state index contributed by atoms with van der Waals surface area (Å²) in [6.07, 6.45) is 2.04. The van der Waals surface area contributed by atoms with Crippen molar-refractivity contribution >= 4 is 11.8 Å². The van der Waals surface area contributed by atoms with Crippen LogP contribution in [0.15, 0.2) is 22.7 Å². The maximum atomic E-state index is 13.5. The topological polar surface area (TPSA) is 29.3 Å². The lowest BCUT2D eigenvalue weighted by Crippen LogP contribution is -2.39. The highest BCUT2D eigenvalue weighted by molar-refractivity contribution is 7.99. The zero-order valence-corrected chi connectivity index (χ0v) is 12.8. The average molecular weight is 322 g/mol. The fourth-order valence-corrected chi connectivity index (χ4v) is 4.48. The molecule has 6 heteroatoms. The van der Waals surface area contributed by atoms with E-state index in [0.717, 1.165) is 36.9 Å². The van der Waals surface area contributed by atoms with Crippen LogP contribution in [0.1, 0.15) is 17.7 Å². The molecule has 0 amide bonds. The number of hydrogen-bond acceptors (Lipinski definition) is 4. The Morgan fingerprint density at radius 1 is 1.27 bits per heavy atom. The summed E-state index contributed by atoms with van der Waals surface area (Å²) in [5.41, 5.74) is 2.24. The Morgan fingerprint density at radius 2 is 2.18 bits per heavy atom. The number of rotatable bonds is 2. The van der Waals surface area contributed by atoms with E-state index in [-0.39, 0.29) is 0 Å². The first-order valence-electron chi connectivity index (χ1n) is 7.47. The Bertz CT molecular complexity index is 697. The number of nitrogens with zero attached hydrogens (tertiary/aromatic N) is 2. The van der Waals surface area contributed by atoms with Gasteiger partial charge in [-0.3, -0.25) is 4.90 Å². The molecule has 2 aliphatic rings. The van der Waals surface area contributed by atoms with E-state index >= 15 is 0 Å². The van der Waals surface area contributed by atoms with E-state index < -0.39 is 11.6 Å². The summed E-state index contributed by atoms with van der Waals surface area (Å²) in [5, 5.41) is 4.10. The molecule has 3 nitrogen and oxygen atoms in total. The van der Waals surface area contributed by atoms with Crippen molar-refractivity contribution in [1.82, 2.24) is 10.1 Å². The molecule has 3 heterocycles. The first-order valence-corrected chi connectivity index (χ1v) is 8.62. The lowest BCUT2D eigenvalue weighted by Gasteiger charge is -2.31. The molecule has 0 N–H and O–H groups in total. The van der Waals surface area contributed by atoms with Crippen molar-refractivity contribution in [3.8, 4) is 11.3 Å². The van der Waals surface area contributed by atoms with Gasteiger partial charge in [-0.25, -0.2) is 8.78 Å². The lowest BCUT2D eigenvalue weighted by atomic mass is 10.00. The van der Waals surface area contributed by atoms with Crippen LogP contribution in [-0.2, 0) is 13.0 Å². The van der Waals surface area contributed by atoms with Gasteiger partial charge in [0.25, 0.3) is 0 Å². The Morgan fingerprint density at radius 3 is 2.95 bits per heavy atom. The second-order valence-electron chi connectivity index (χ2n) is 5.80. The van der Waals surface area contributed by atoms with E-state index in [0.29, 0.717) is 17.3 Å². The van der Waals surface area contributed by atoms with E-state index in [2.05, 4.69) is 10.1 Å². The minimum Gasteiger partial charge on any atom is -0.360 e. The number of halogens is 2. The van der Waals surface area contributed by atoms with E-state index in [9.17, 15) is 8.78 Å². The van der Waals surface area contributed by atoms with Crippen molar-refractivity contribution in [2.45, 2.75) is 25.4 Å². The second kappa shape index (κ2) is 5.66. The third kappa shape index (κ3) is 2.44. The van der Waals surface area contributed by atoms with Crippen LogP contribution in [0.3, 0.4) is 0 Å². The first kappa shape index (κ1) is 14.2. The molecule has 1 aromatic carbocycles. The fraction of sp³-hybridized carbons (Fsp3) is 0.438. The number of hydrogen-bond donors (Lipinski definition) is 0. The molecule has 1 saturated heterocycles. The normalized spacial score (nSPS) is 22.0. The molecule has 0 bridgehead atoms. The summed E-state index contributed by atoms with van der Waals surface area (Å²) >= 11 is 1.99. The molecule has 1 atom stereocenters. The summed E-state index contributed by atoms with van der Waals surface area (Å²) in [4.78, 5) is 2.46. The standard InChI is InChI=1S/C16H16F2N2OS/c17-13-2-1-10(7-14(13)18)16-12-8-20(11-4-6-22-9-11)5-3-15(12)21-19-16/h1-2,7,11H,3-6,8-9H2. The Balaban J connectivity index is 1.66. The van der Waals surface area contributed by atoms with Crippen molar-refractivity contribution in [2.24, 2.45) is 0 Å². The van der Waals surface area contributed by atoms with Gasteiger partial charge >= 0.3 is 0 Å². The van der Waals surface area contributed by atoms with Crippen molar-refractivity contribution < 1.29 is 13.3 Å². The van der Waals surface area contributed by atoms with Crippen LogP contribution in [0.5, 0.6) is 0 Å². The zero-order chi connectivity index (χ0) is 15.1. The molecule has 0 spiro atoms. The van der Waals surface area contributed by atoms with Crippen LogP contribution in [0.4, 0.5) is 8.78 Å². The molecular formula is C16H16F2N2OS. The molecular weight excluding hydrogens is 306 g/mol. The summed E-state index contributed by atoms with van der Waals surface area (Å²) < 4.78 is 32.0. The van der Waals surface area contributed by atoms with Crippen molar-refractivity contribution in [2.75, 3.05) is 18.1 Å². The minimum absolute atomic E-state index is 0.576. The van der Waals surface area contributed by atoms with E-state index in [4.69, 9.17) is 4.52 Å². The number of benzene rings is 1. The smallest absolute Gasteiger partial charge is 0.159 e.